The van der Waals surface area contributed by atoms with Gasteiger partial charge in [-0.2, -0.15) is 0 Å². The zero-order valence-electron chi connectivity index (χ0n) is 17.0. The van der Waals surface area contributed by atoms with Crippen molar-refractivity contribution < 1.29 is 9.53 Å². The van der Waals surface area contributed by atoms with Crippen LogP contribution in [0.25, 0.3) is 34.4 Å². The third-order valence-corrected chi connectivity index (χ3v) is 5.44. The van der Waals surface area contributed by atoms with Crippen LogP contribution in [0.1, 0.15) is 34.0 Å². The van der Waals surface area contributed by atoms with E-state index in [1.165, 1.54) is 0 Å². The summed E-state index contributed by atoms with van der Waals surface area (Å²) in [6.45, 7) is 2.32. The van der Waals surface area contributed by atoms with Crippen molar-refractivity contribution in [2.24, 2.45) is 0 Å². The van der Waals surface area contributed by atoms with Crippen LogP contribution >= 0.6 is 0 Å². The number of carbonyl (C=O) groups excluding carboxylic acids is 1. The molecule has 0 aliphatic carbocycles. The summed E-state index contributed by atoms with van der Waals surface area (Å²) in [5.74, 6) is -0.607. The molecule has 5 heteroatoms. The van der Waals surface area contributed by atoms with Gasteiger partial charge in [-0.1, -0.05) is 60.7 Å². The van der Waals surface area contributed by atoms with Gasteiger partial charge in [-0.05, 0) is 36.2 Å². The lowest BCUT2D eigenvalue weighted by molar-refractivity contribution is 0.0523. The minimum atomic E-state index is -0.607. The summed E-state index contributed by atoms with van der Waals surface area (Å²) in [5.41, 5.74) is 4.53. The topological polar surface area (TPSA) is 61.2 Å². The molecule has 0 atom stereocenters. The predicted octanol–water partition coefficient (Wildman–Crippen LogP) is 4.77. The number of hydrogen-bond donors (Lipinski definition) is 0. The molecule has 1 aliphatic heterocycles. The molecule has 0 saturated carbocycles. The third-order valence-electron chi connectivity index (χ3n) is 5.44. The van der Waals surface area contributed by atoms with E-state index in [1.807, 2.05) is 66.7 Å². The SMILES string of the molecule is CCOC(=O)c1c(/C=C/c2ccccc2)cc2n(c1=O)Cc1cc3ccccc3nc1-2. The first kappa shape index (κ1) is 19.0. The summed E-state index contributed by atoms with van der Waals surface area (Å²) < 4.78 is 6.81. The molecule has 31 heavy (non-hydrogen) atoms. The van der Waals surface area contributed by atoms with E-state index in [1.54, 1.807) is 17.6 Å². The number of rotatable bonds is 4. The van der Waals surface area contributed by atoms with Gasteiger partial charge in [-0.3, -0.25) is 4.79 Å². The summed E-state index contributed by atoms with van der Waals surface area (Å²) in [4.78, 5) is 30.9. The van der Waals surface area contributed by atoms with Gasteiger partial charge in [0.25, 0.3) is 5.56 Å². The number of aromatic nitrogens is 2. The van der Waals surface area contributed by atoms with Crippen LogP contribution in [0.15, 0.2) is 71.5 Å². The normalized spacial score (nSPS) is 12.2. The van der Waals surface area contributed by atoms with Gasteiger partial charge in [0.2, 0.25) is 0 Å². The Balaban J connectivity index is 1.70. The highest BCUT2D eigenvalue weighted by atomic mass is 16.5. The minimum Gasteiger partial charge on any atom is -0.462 e. The van der Waals surface area contributed by atoms with Gasteiger partial charge in [-0.15, -0.1) is 0 Å². The molecule has 0 saturated heterocycles. The molecular formula is C26H20N2O3. The van der Waals surface area contributed by atoms with Gasteiger partial charge in [0.1, 0.15) is 5.56 Å². The van der Waals surface area contributed by atoms with E-state index in [0.717, 1.165) is 27.7 Å². The van der Waals surface area contributed by atoms with Crippen molar-refractivity contribution in [1.29, 1.82) is 0 Å². The van der Waals surface area contributed by atoms with Crippen LogP contribution in [0.3, 0.4) is 0 Å². The van der Waals surface area contributed by atoms with Crippen molar-refractivity contribution in [3.63, 3.8) is 0 Å². The van der Waals surface area contributed by atoms with Crippen LogP contribution < -0.4 is 5.56 Å². The van der Waals surface area contributed by atoms with E-state index in [0.29, 0.717) is 17.8 Å². The number of esters is 1. The Morgan fingerprint density at radius 2 is 1.84 bits per heavy atom. The quantitative estimate of drug-likeness (QED) is 0.402. The number of benzene rings is 2. The molecule has 0 amide bonds. The highest BCUT2D eigenvalue weighted by Gasteiger charge is 2.27. The van der Waals surface area contributed by atoms with Crippen LogP contribution in [0.2, 0.25) is 0 Å². The van der Waals surface area contributed by atoms with E-state index in [9.17, 15) is 9.59 Å². The molecule has 0 N–H and O–H groups in total. The van der Waals surface area contributed by atoms with E-state index < -0.39 is 5.97 Å². The first-order chi connectivity index (χ1) is 15.2. The Morgan fingerprint density at radius 3 is 2.65 bits per heavy atom. The molecule has 1 aliphatic rings. The van der Waals surface area contributed by atoms with Gasteiger partial charge >= 0.3 is 5.97 Å². The van der Waals surface area contributed by atoms with Crippen molar-refractivity contribution in [3.8, 4) is 11.4 Å². The fraction of sp³-hybridized carbons (Fsp3) is 0.115. The molecule has 0 radical (unpaired) electrons. The van der Waals surface area contributed by atoms with Gasteiger partial charge in [0.15, 0.2) is 0 Å². The van der Waals surface area contributed by atoms with E-state index in [4.69, 9.17) is 9.72 Å². The monoisotopic (exact) mass is 408 g/mol. The number of nitrogens with zero attached hydrogens (tertiary/aromatic N) is 2. The molecule has 0 fully saturated rings. The van der Waals surface area contributed by atoms with Crippen molar-refractivity contribution in [2.45, 2.75) is 13.5 Å². The van der Waals surface area contributed by atoms with Crippen LogP contribution in [0.5, 0.6) is 0 Å². The van der Waals surface area contributed by atoms with E-state index in [-0.39, 0.29) is 17.7 Å². The van der Waals surface area contributed by atoms with Gasteiger partial charge in [0, 0.05) is 10.9 Å². The molecule has 5 rings (SSSR count). The number of carbonyl (C=O) groups is 1. The molecule has 5 nitrogen and oxygen atoms in total. The maximum atomic E-state index is 13.4. The standard InChI is InChI=1S/C26H20N2O3/c1-2-31-26(30)23-19(13-12-17-8-4-3-5-9-17)15-22-24-20(16-28(22)25(23)29)14-18-10-6-7-11-21(18)27-24/h3-15H,2,16H2,1H3/b13-12+. The predicted molar refractivity (Wildman–Crippen MR) is 122 cm³/mol. The van der Waals surface area contributed by atoms with Crippen LogP contribution in [-0.4, -0.2) is 22.1 Å². The maximum Gasteiger partial charge on any atom is 0.344 e. The first-order valence-corrected chi connectivity index (χ1v) is 10.2. The Morgan fingerprint density at radius 1 is 1.06 bits per heavy atom. The highest BCUT2D eigenvalue weighted by Crippen LogP contribution is 2.33. The Bertz CT molecular complexity index is 1400. The molecule has 0 bridgehead atoms. The van der Waals surface area contributed by atoms with Crippen molar-refractivity contribution in [1.82, 2.24) is 9.55 Å². The second-order valence-electron chi connectivity index (χ2n) is 7.40. The Kier molecular flexibility index (Phi) is 4.71. The Hall–Kier alpha value is -3.99. The van der Waals surface area contributed by atoms with Crippen molar-refractivity contribution in [2.75, 3.05) is 6.61 Å². The largest absolute Gasteiger partial charge is 0.462 e. The van der Waals surface area contributed by atoms with Gasteiger partial charge in [-0.25, -0.2) is 9.78 Å². The van der Waals surface area contributed by atoms with Gasteiger partial charge in [0.05, 0.1) is 30.1 Å². The lowest BCUT2D eigenvalue weighted by Crippen LogP contribution is -2.28. The molecular weight excluding hydrogens is 388 g/mol. The highest BCUT2D eigenvalue weighted by molar-refractivity contribution is 5.95. The Labute approximate surface area is 179 Å². The summed E-state index contributed by atoms with van der Waals surface area (Å²) in [7, 11) is 0. The number of ether oxygens (including phenoxy) is 1. The molecule has 4 aromatic rings. The van der Waals surface area contributed by atoms with Gasteiger partial charge < -0.3 is 9.30 Å². The zero-order chi connectivity index (χ0) is 21.4. The van der Waals surface area contributed by atoms with Crippen LogP contribution in [-0.2, 0) is 11.3 Å². The first-order valence-electron chi connectivity index (χ1n) is 10.2. The average Bonchev–Trinajstić information content (AvgIpc) is 3.15. The lowest BCUT2D eigenvalue weighted by atomic mass is 10.0. The van der Waals surface area contributed by atoms with E-state index >= 15 is 0 Å². The second kappa shape index (κ2) is 7.69. The fourth-order valence-corrected chi connectivity index (χ4v) is 3.98. The summed E-state index contributed by atoms with van der Waals surface area (Å²) in [5, 5.41) is 1.02. The molecule has 2 aromatic heterocycles. The average molecular weight is 408 g/mol. The molecule has 2 aromatic carbocycles. The maximum absolute atomic E-state index is 13.4. The number of fused-ring (bicyclic) bond motifs is 4. The molecule has 0 unspecified atom stereocenters. The number of hydrogen-bond acceptors (Lipinski definition) is 4. The second-order valence-corrected chi connectivity index (χ2v) is 7.40. The summed E-state index contributed by atoms with van der Waals surface area (Å²) in [6.07, 6.45) is 3.68. The van der Waals surface area contributed by atoms with Crippen LogP contribution in [0, 0.1) is 0 Å². The number of pyridine rings is 2. The minimum absolute atomic E-state index is 0.0511. The van der Waals surface area contributed by atoms with Crippen LogP contribution in [0.4, 0.5) is 0 Å². The number of para-hydroxylation sites is 1. The molecule has 152 valence electrons. The lowest BCUT2D eigenvalue weighted by Gasteiger charge is -2.10. The van der Waals surface area contributed by atoms with Crippen molar-refractivity contribution in [3.05, 3.63) is 99.3 Å². The summed E-state index contributed by atoms with van der Waals surface area (Å²) in [6, 6.07) is 21.5. The van der Waals surface area contributed by atoms with E-state index in [2.05, 4.69) is 6.07 Å². The van der Waals surface area contributed by atoms with Crippen molar-refractivity contribution >= 4 is 29.0 Å². The molecule has 0 spiro atoms. The third kappa shape index (κ3) is 3.34. The summed E-state index contributed by atoms with van der Waals surface area (Å²) >= 11 is 0. The molecule has 3 heterocycles. The smallest absolute Gasteiger partial charge is 0.344 e. The fourth-order valence-electron chi connectivity index (χ4n) is 3.98. The zero-order valence-corrected chi connectivity index (χ0v) is 17.0.